The molecule has 25 heavy (non-hydrogen) atoms. The third-order valence-electron chi connectivity index (χ3n) is 3.50. The molecule has 1 amide bonds. The number of ether oxygens (including phenoxy) is 1. The van der Waals surface area contributed by atoms with Crippen molar-refractivity contribution in [3.05, 3.63) is 52.6 Å². The molecule has 0 saturated heterocycles. The fourth-order valence-corrected chi connectivity index (χ4v) is 3.33. The van der Waals surface area contributed by atoms with Crippen molar-refractivity contribution < 1.29 is 22.9 Å². The zero-order chi connectivity index (χ0) is 18.2. The fourth-order valence-electron chi connectivity index (χ4n) is 2.25. The number of nitrogens with zero attached hydrogens (tertiary/aromatic N) is 1. The number of hydrogen-bond donors (Lipinski definition) is 2. The maximum atomic E-state index is 12.5. The number of sulfonamides is 1. The Morgan fingerprint density at radius 3 is 2.72 bits per heavy atom. The fraction of sp³-hybridized carbons (Fsp3) is 0.133. The Labute approximate surface area is 142 Å². The van der Waals surface area contributed by atoms with Gasteiger partial charge in [0.1, 0.15) is 5.75 Å². The molecule has 130 valence electrons. The zero-order valence-corrected chi connectivity index (χ0v) is 13.7. The summed E-state index contributed by atoms with van der Waals surface area (Å²) < 4.78 is 32.6. The van der Waals surface area contributed by atoms with E-state index in [0.717, 1.165) is 6.07 Å². The first kappa shape index (κ1) is 16.7. The lowest BCUT2D eigenvalue weighted by atomic mass is 10.2. The number of amides is 1. The summed E-state index contributed by atoms with van der Waals surface area (Å²) in [5.74, 6) is -0.0184. The van der Waals surface area contributed by atoms with Gasteiger partial charge >= 0.3 is 0 Å². The lowest BCUT2D eigenvalue weighted by Crippen LogP contribution is -2.34. The molecular formula is C15H13N3O6S. The maximum absolute atomic E-state index is 12.5. The van der Waals surface area contributed by atoms with Crippen molar-refractivity contribution >= 4 is 33.0 Å². The molecule has 10 heteroatoms. The molecule has 1 atom stereocenters. The van der Waals surface area contributed by atoms with Gasteiger partial charge < -0.3 is 10.1 Å². The summed E-state index contributed by atoms with van der Waals surface area (Å²) in [6.45, 7) is 1.58. The van der Waals surface area contributed by atoms with E-state index in [1.807, 2.05) is 0 Å². The van der Waals surface area contributed by atoms with E-state index in [-0.39, 0.29) is 27.9 Å². The standard InChI is InChI=1S/C15H13N3O6S/c1-9-15(19)16-13-8-12(5-6-14(13)24-9)25(22,23)17-10-3-2-4-11(7-10)18(20)21/h2-9,17H,1H3,(H,16,19). The summed E-state index contributed by atoms with van der Waals surface area (Å²) in [4.78, 5) is 21.7. The number of nitro groups is 1. The number of carbonyl (C=O) groups excluding carboxylic acids is 1. The van der Waals surface area contributed by atoms with Crippen molar-refractivity contribution in [1.29, 1.82) is 0 Å². The van der Waals surface area contributed by atoms with Gasteiger partial charge in [0.2, 0.25) is 0 Å². The molecule has 1 heterocycles. The molecule has 2 aromatic rings. The van der Waals surface area contributed by atoms with Crippen molar-refractivity contribution in [1.82, 2.24) is 0 Å². The summed E-state index contributed by atoms with van der Waals surface area (Å²) in [5, 5.41) is 13.3. The van der Waals surface area contributed by atoms with Crippen molar-refractivity contribution in [2.75, 3.05) is 10.0 Å². The molecule has 0 saturated carbocycles. The van der Waals surface area contributed by atoms with Gasteiger partial charge in [-0.2, -0.15) is 0 Å². The van der Waals surface area contributed by atoms with Gasteiger partial charge in [0.25, 0.3) is 21.6 Å². The van der Waals surface area contributed by atoms with Crippen LogP contribution in [0.5, 0.6) is 5.75 Å². The molecular weight excluding hydrogens is 350 g/mol. The van der Waals surface area contributed by atoms with Gasteiger partial charge in [0.05, 0.1) is 21.2 Å². The number of benzene rings is 2. The summed E-state index contributed by atoms with van der Waals surface area (Å²) in [6.07, 6.45) is -0.669. The number of rotatable bonds is 4. The minimum absolute atomic E-state index is 0.0563. The predicted octanol–water partition coefficient (Wildman–Crippen LogP) is 2.11. The molecule has 2 aromatic carbocycles. The molecule has 0 aliphatic carbocycles. The van der Waals surface area contributed by atoms with Crippen LogP contribution in [0, 0.1) is 10.1 Å². The second kappa shape index (κ2) is 6.06. The Balaban J connectivity index is 1.91. The van der Waals surface area contributed by atoms with Crippen LogP contribution in [0.15, 0.2) is 47.4 Å². The number of nitrogens with one attached hydrogen (secondary N) is 2. The molecule has 2 N–H and O–H groups in total. The Morgan fingerprint density at radius 2 is 2.00 bits per heavy atom. The summed E-state index contributed by atoms with van der Waals surface area (Å²) >= 11 is 0. The Bertz CT molecular complexity index is 973. The van der Waals surface area contributed by atoms with E-state index < -0.39 is 21.1 Å². The molecule has 9 nitrogen and oxygen atoms in total. The summed E-state index contributed by atoms with van der Waals surface area (Å²) in [7, 11) is -4.00. The number of non-ortho nitro benzene ring substituents is 1. The Morgan fingerprint density at radius 1 is 1.24 bits per heavy atom. The van der Waals surface area contributed by atoms with Crippen molar-refractivity contribution in [2.24, 2.45) is 0 Å². The third-order valence-corrected chi connectivity index (χ3v) is 4.88. The van der Waals surface area contributed by atoms with E-state index >= 15 is 0 Å². The highest BCUT2D eigenvalue weighted by molar-refractivity contribution is 7.92. The zero-order valence-electron chi connectivity index (χ0n) is 12.9. The van der Waals surface area contributed by atoms with Crippen molar-refractivity contribution in [3.63, 3.8) is 0 Å². The van der Waals surface area contributed by atoms with E-state index in [0.29, 0.717) is 5.75 Å². The highest BCUT2D eigenvalue weighted by atomic mass is 32.2. The average Bonchev–Trinajstić information content (AvgIpc) is 2.55. The second-order valence-electron chi connectivity index (χ2n) is 5.32. The summed E-state index contributed by atoms with van der Waals surface area (Å²) in [5.41, 5.74) is 0.0612. The smallest absolute Gasteiger partial charge is 0.271 e. The predicted molar refractivity (Wildman–Crippen MR) is 89.1 cm³/mol. The highest BCUT2D eigenvalue weighted by Crippen LogP contribution is 2.32. The normalized spacial score (nSPS) is 16.4. The van der Waals surface area contributed by atoms with Crippen LogP contribution in [0.3, 0.4) is 0 Å². The van der Waals surface area contributed by atoms with E-state index in [1.54, 1.807) is 6.92 Å². The SMILES string of the molecule is CC1Oc2ccc(S(=O)(=O)Nc3cccc([N+](=O)[O-])c3)cc2NC1=O. The first-order valence-corrected chi connectivity index (χ1v) is 8.63. The molecule has 0 aromatic heterocycles. The van der Waals surface area contributed by atoms with Gasteiger partial charge in [-0.15, -0.1) is 0 Å². The van der Waals surface area contributed by atoms with Gasteiger partial charge in [-0.3, -0.25) is 19.6 Å². The Hall–Kier alpha value is -3.14. The minimum Gasteiger partial charge on any atom is -0.479 e. The van der Waals surface area contributed by atoms with Crippen LogP contribution in [0.1, 0.15) is 6.92 Å². The lowest BCUT2D eigenvalue weighted by molar-refractivity contribution is -0.384. The van der Waals surface area contributed by atoms with Crippen LogP contribution in [0.2, 0.25) is 0 Å². The van der Waals surface area contributed by atoms with Gasteiger partial charge in [-0.05, 0) is 31.2 Å². The first-order chi connectivity index (χ1) is 11.8. The molecule has 0 bridgehead atoms. The van der Waals surface area contributed by atoms with E-state index in [9.17, 15) is 23.3 Å². The second-order valence-corrected chi connectivity index (χ2v) is 7.00. The van der Waals surface area contributed by atoms with Crippen LogP contribution in [0.4, 0.5) is 17.1 Å². The average molecular weight is 363 g/mol. The van der Waals surface area contributed by atoms with Crippen LogP contribution in [0.25, 0.3) is 0 Å². The molecule has 1 aliphatic rings. The van der Waals surface area contributed by atoms with Gasteiger partial charge in [0.15, 0.2) is 6.10 Å². The highest BCUT2D eigenvalue weighted by Gasteiger charge is 2.25. The molecule has 0 fully saturated rings. The summed E-state index contributed by atoms with van der Waals surface area (Å²) in [6, 6.07) is 9.16. The van der Waals surface area contributed by atoms with Crippen LogP contribution < -0.4 is 14.8 Å². The molecule has 0 spiro atoms. The Kier molecular flexibility index (Phi) is 4.05. The van der Waals surface area contributed by atoms with Crippen molar-refractivity contribution in [2.45, 2.75) is 17.9 Å². The van der Waals surface area contributed by atoms with Gasteiger partial charge in [-0.25, -0.2) is 8.42 Å². The van der Waals surface area contributed by atoms with Gasteiger partial charge in [0, 0.05) is 12.1 Å². The number of fused-ring (bicyclic) bond motifs is 1. The first-order valence-electron chi connectivity index (χ1n) is 7.15. The van der Waals surface area contributed by atoms with Crippen molar-refractivity contribution in [3.8, 4) is 5.75 Å². The number of anilines is 2. The number of hydrogen-bond acceptors (Lipinski definition) is 6. The maximum Gasteiger partial charge on any atom is 0.271 e. The molecule has 1 unspecified atom stereocenters. The van der Waals surface area contributed by atoms with E-state index in [1.165, 1.54) is 36.4 Å². The van der Waals surface area contributed by atoms with Crippen LogP contribution in [-0.4, -0.2) is 25.4 Å². The monoisotopic (exact) mass is 363 g/mol. The van der Waals surface area contributed by atoms with Gasteiger partial charge in [-0.1, -0.05) is 6.07 Å². The number of carbonyl (C=O) groups is 1. The largest absolute Gasteiger partial charge is 0.479 e. The third kappa shape index (κ3) is 3.38. The minimum atomic E-state index is -4.00. The molecule has 3 rings (SSSR count). The quantitative estimate of drug-likeness (QED) is 0.632. The van der Waals surface area contributed by atoms with E-state index in [2.05, 4.69) is 10.0 Å². The molecule has 1 aliphatic heterocycles. The van der Waals surface area contributed by atoms with E-state index in [4.69, 9.17) is 4.74 Å². The topological polar surface area (TPSA) is 128 Å². The lowest BCUT2D eigenvalue weighted by Gasteiger charge is -2.23. The number of nitro benzene ring substituents is 1. The van der Waals surface area contributed by atoms with Crippen LogP contribution >= 0.6 is 0 Å². The molecule has 0 radical (unpaired) electrons. The van der Waals surface area contributed by atoms with Crippen LogP contribution in [-0.2, 0) is 14.8 Å².